The minimum absolute atomic E-state index is 0. The van der Waals surface area contributed by atoms with Crippen molar-refractivity contribution in [1.82, 2.24) is 4.98 Å². The number of halogens is 3. The number of anilines is 3. The third kappa shape index (κ3) is 7.39. The van der Waals surface area contributed by atoms with Crippen molar-refractivity contribution in [2.75, 3.05) is 40.7 Å². The normalized spacial score (nSPS) is 12.9. The molecule has 0 unspecified atom stereocenters. The summed E-state index contributed by atoms with van der Waals surface area (Å²) in [6.07, 6.45) is 0. The predicted molar refractivity (Wildman–Crippen MR) is 169 cm³/mol. The maximum atomic E-state index is 12.9. The molecule has 5 rings (SSSR count). The molecule has 13 heteroatoms. The molecular formula is C28H29Cl3N4O5S. The molecule has 0 spiro atoms. The van der Waals surface area contributed by atoms with E-state index in [1.807, 2.05) is 18.2 Å². The summed E-state index contributed by atoms with van der Waals surface area (Å²) in [4.78, 5) is 32.7. The van der Waals surface area contributed by atoms with Crippen molar-refractivity contribution in [2.24, 2.45) is 0 Å². The van der Waals surface area contributed by atoms with Crippen molar-refractivity contribution in [3.63, 3.8) is 0 Å². The number of pyridine rings is 1. The molecule has 0 amide bonds. The van der Waals surface area contributed by atoms with E-state index in [2.05, 4.69) is 26.7 Å². The highest BCUT2D eigenvalue weighted by Gasteiger charge is 2.22. The fraction of sp³-hybridized carbons (Fsp3) is 0.179. The standard InChI is InChI=1S/C28H26N4O5S.3ClH/c1-19(33)20-7-10-23(11-8-20)38(36,37)30-21-9-12-26-24(17-21)25(28(34)35)18-27(29-26)32-15-13-31(14-16-32)22-5-3-2-4-6-22;;;/h2-12,17-18,30H,13-16H2,1H3,(H,34,35);3*1H. The lowest BCUT2D eigenvalue weighted by molar-refractivity contribution is 0.0698. The number of hydrogen-bond donors (Lipinski definition) is 2. The zero-order valence-electron chi connectivity index (χ0n) is 21.9. The van der Waals surface area contributed by atoms with Gasteiger partial charge < -0.3 is 14.9 Å². The average Bonchev–Trinajstić information content (AvgIpc) is 2.93. The van der Waals surface area contributed by atoms with Crippen LogP contribution in [0.4, 0.5) is 17.2 Å². The molecule has 0 radical (unpaired) electrons. The fourth-order valence-corrected chi connectivity index (χ4v) is 5.58. The number of nitrogens with zero attached hydrogens (tertiary/aromatic N) is 3. The Labute approximate surface area is 256 Å². The Balaban J connectivity index is 0.00000196. The van der Waals surface area contributed by atoms with E-state index in [1.54, 1.807) is 18.2 Å². The molecule has 0 saturated carbocycles. The molecule has 2 N–H and O–H groups in total. The number of benzene rings is 3. The number of ketones is 1. The highest BCUT2D eigenvalue weighted by Crippen LogP contribution is 2.28. The largest absolute Gasteiger partial charge is 0.478 e. The molecular weight excluding hydrogens is 611 g/mol. The van der Waals surface area contributed by atoms with Gasteiger partial charge in [0, 0.05) is 48.5 Å². The number of carboxylic acids is 1. The Morgan fingerprint density at radius 1 is 0.829 bits per heavy atom. The van der Waals surface area contributed by atoms with Crippen molar-refractivity contribution in [2.45, 2.75) is 11.8 Å². The molecule has 1 fully saturated rings. The number of nitrogens with one attached hydrogen (secondary N) is 1. The number of piperazine rings is 1. The van der Waals surface area contributed by atoms with Crippen LogP contribution in [0.5, 0.6) is 0 Å². The van der Waals surface area contributed by atoms with Crippen molar-refractivity contribution in [3.05, 3.63) is 90.0 Å². The first-order valence-corrected chi connectivity index (χ1v) is 13.6. The number of sulfonamides is 1. The summed E-state index contributed by atoms with van der Waals surface area (Å²) in [5.41, 5.74) is 2.27. The Hall–Kier alpha value is -3.57. The molecule has 3 aromatic carbocycles. The highest BCUT2D eigenvalue weighted by atomic mass is 35.5. The third-order valence-corrected chi connectivity index (χ3v) is 7.97. The van der Waals surface area contributed by atoms with Crippen LogP contribution in [-0.4, -0.2) is 56.4 Å². The zero-order valence-corrected chi connectivity index (χ0v) is 25.2. The van der Waals surface area contributed by atoms with Crippen LogP contribution in [0, 0.1) is 0 Å². The number of hydrogen-bond acceptors (Lipinski definition) is 7. The minimum Gasteiger partial charge on any atom is -0.478 e. The summed E-state index contributed by atoms with van der Waals surface area (Å²) in [7, 11) is -3.95. The molecule has 0 atom stereocenters. The van der Waals surface area contributed by atoms with Crippen LogP contribution in [0.3, 0.4) is 0 Å². The lowest BCUT2D eigenvalue weighted by atomic mass is 10.1. The van der Waals surface area contributed by atoms with Gasteiger partial charge in [0.25, 0.3) is 10.0 Å². The van der Waals surface area contributed by atoms with Crippen LogP contribution < -0.4 is 14.5 Å². The lowest BCUT2D eigenvalue weighted by Gasteiger charge is -2.37. The van der Waals surface area contributed by atoms with Gasteiger partial charge in [0.2, 0.25) is 0 Å². The van der Waals surface area contributed by atoms with E-state index >= 15 is 0 Å². The minimum atomic E-state index is -3.95. The number of Topliss-reactive ketones (excluding diaryl/α,β-unsaturated/α-hetero) is 1. The number of carbonyl (C=O) groups is 2. The van der Waals surface area contributed by atoms with Gasteiger partial charge in [-0.1, -0.05) is 30.3 Å². The Morgan fingerprint density at radius 3 is 2.02 bits per heavy atom. The summed E-state index contributed by atoms with van der Waals surface area (Å²) < 4.78 is 28.3. The Morgan fingerprint density at radius 2 is 1.44 bits per heavy atom. The lowest BCUT2D eigenvalue weighted by Crippen LogP contribution is -2.46. The first-order valence-electron chi connectivity index (χ1n) is 12.1. The van der Waals surface area contributed by atoms with E-state index in [4.69, 9.17) is 4.98 Å². The van der Waals surface area contributed by atoms with Gasteiger partial charge in [-0.05, 0) is 55.5 Å². The molecule has 0 bridgehead atoms. The maximum Gasteiger partial charge on any atom is 0.336 e. The molecule has 1 aliphatic rings. The van der Waals surface area contributed by atoms with E-state index in [0.29, 0.717) is 35.4 Å². The smallest absolute Gasteiger partial charge is 0.336 e. The summed E-state index contributed by atoms with van der Waals surface area (Å²) in [6, 6.07) is 21.9. The number of aromatic nitrogens is 1. The molecule has 1 saturated heterocycles. The summed E-state index contributed by atoms with van der Waals surface area (Å²) in [6.45, 7) is 4.33. The van der Waals surface area contributed by atoms with E-state index in [9.17, 15) is 23.1 Å². The number of fused-ring (bicyclic) bond motifs is 1. The third-order valence-electron chi connectivity index (χ3n) is 6.57. The fourth-order valence-electron chi connectivity index (χ4n) is 4.53. The SMILES string of the molecule is CC(=O)c1ccc(S(=O)(=O)Nc2ccc3nc(N4CCN(c5ccccc5)CC4)cc(C(=O)O)c3c2)cc1.Cl.Cl.Cl. The van der Waals surface area contributed by atoms with Crippen LogP contribution >= 0.6 is 37.2 Å². The van der Waals surface area contributed by atoms with Crippen LogP contribution in [0.25, 0.3) is 10.9 Å². The van der Waals surface area contributed by atoms with E-state index in [-0.39, 0.29) is 59.2 Å². The molecule has 1 aliphatic heterocycles. The molecule has 4 aromatic rings. The van der Waals surface area contributed by atoms with Gasteiger partial charge in [-0.3, -0.25) is 9.52 Å². The molecule has 9 nitrogen and oxygen atoms in total. The number of rotatable bonds is 7. The van der Waals surface area contributed by atoms with Gasteiger partial charge in [0.05, 0.1) is 16.0 Å². The number of carboxylic acid groups (broad SMARTS) is 1. The van der Waals surface area contributed by atoms with Gasteiger partial charge in [-0.2, -0.15) is 0 Å². The second-order valence-corrected chi connectivity index (χ2v) is 10.7. The van der Waals surface area contributed by atoms with Crippen molar-refractivity contribution >= 4 is 87.1 Å². The van der Waals surface area contributed by atoms with E-state index < -0.39 is 16.0 Å². The number of aromatic carboxylic acids is 1. The van der Waals surface area contributed by atoms with Crippen LogP contribution in [0.15, 0.2) is 83.8 Å². The zero-order chi connectivity index (χ0) is 26.9. The quantitative estimate of drug-likeness (QED) is 0.254. The molecule has 2 heterocycles. The van der Waals surface area contributed by atoms with Crippen molar-refractivity contribution in [1.29, 1.82) is 0 Å². The molecule has 218 valence electrons. The molecule has 1 aromatic heterocycles. The van der Waals surface area contributed by atoms with Crippen LogP contribution in [-0.2, 0) is 10.0 Å². The van der Waals surface area contributed by atoms with E-state index in [0.717, 1.165) is 18.8 Å². The maximum absolute atomic E-state index is 12.9. The highest BCUT2D eigenvalue weighted by molar-refractivity contribution is 7.92. The monoisotopic (exact) mass is 638 g/mol. The first-order chi connectivity index (χ1) is 18.2. The van der Waals surface area contributed by atoms with Gasteiger partial charge in [0.1, 0.15) is 5.82 Å². The average molecular weight is 640 g/mol. The first kappa shape index (κ1) is 33.6. The van der Waals surface area contributed by atoms with Gasteiger partial charge in [-0.25, -0.2) is 18.2 Å². The van der Waals surface area contributed by atoms with E-state index in [1.165, 1.54) is 37.3 Å². The van der Waals surface area contributed by atoms with Gasteiger partial charge >= 0.3 is 5.97 Å². The molecule has 41 heavy (non-hydrogen) atoms. The summed E-state index contributed by atoms with van der Waals surface area (Å²) in [5.74, 6) is -0.717. The van der Waals surface area contributed by atoms with Crippen LogP contribution in [0.2, 0.25) is 0 Å². The van der Waals surface area contributed by atoms with Gasteiger partial charge in [0.15, 0.2) is 5.78 Å². The number of para-hydroxylation sites is 1. The second-order valence-electron chi connectivity index (χ2n) is 9.06. The summed E-state index contributed by atoms with van der Waals surface area (Å²) >= 11 is 0. The van der Waals surface area contributed by atoms with Gasteiger partial charge in [-0.15, -0.1) is 37.2 Å². The Bertz CT molecular complexity index is 1630. The van der Waals surface area contributed by atoms with Crippen LogP contribution in [0.1, 0.15) is 27.6 Å². The topological polar surface area (TPSA) is 120 Å². The van der Waals surface area contributed by atoms with Crippen molar-refractivity contribution < 1.29 is 23.1 Å². The Kier molecular flexibility index (Phi) is 11.4. The number of carbonyl (C=O) groups excluding carboxylic acids is 1. The van der Waals surface area contributed by atoms with Crippen molar-refractivity contribution in [3.8, 4) is 0 Å². The summed E-state index contributed by atoms with van der Waals surface area (Å²) in [5, 5.41) is 10.3. The molecule has 0 aliphatic carbocycles. The second kappa shape index (κ2) is 13.9. The predicted octanol–water partition coefficient (Wildman–Crippen LogP) is 5.53.